The van der Waals surface area contributed by atoms with Crippen molar-refractivity contribution in [3.05, 3.63) is 22.4 Å². The van der Waals surface area contributed by atoms with Gasteiger partial charge in [0.1, 0.15) is 5.60 Å². The van der Waals surface area contributed by atoms with Crippen molar-refractivity contribution in [2.45, 2.75) is 37.8 Å². The molecule has 122 valence electrons. The van der Waals surface area contributed by atoms with E-state index in [1.54, 1.807) is 18.3 Å². The van der Waals surface area contributed by atoms with Gasteiger partial charge in [0, 0.05) is 19.1 Å². The number of amides is 2. The Morgan fingerprint density at radius 1 is 1.45 bits per heavy atom. The molecule has 3 rings (SSSR count). The average Bonchev–Trinajstić information content (AvgIpc) is 3.02. The van der Waals surface area contributed by atoms with E-state index in [0.717, 1.165) is 24.7 Å². The second kappa shape index (κ2) is 6.56. The number of carbonyl (C=O) groups excluding carboxylic acids is 1. The molecule has 2 unspecified atom stereocenters. The van der Waals surface area contributed by atoms with Crippen LogP contribution in [0.4, 0.5) is 4.79 Å². The van der Waals surface area contributed by atoms with Gasteiger partial charge in [0.2, 0.25) is 0 Å². The van der Waals surface area contributed by atoms with E-state index >= 15 is 0 Å². The zero-order chi connectivity index (χ0) is 15.6. The van der Waals surface area contributed by atoms with Gasteiger partial charge < -0.3 is 20.6 Å². The first kappa shape index (κ1) is 15.8. The first-order chi connectivity index (χ1) is 10.5. The lowest BCUT2D eigenvalue weighted by molar-refractivity contribution is 0.0598. The fourth-order valence-corrected chi connectivity index (χ4v) is 3.81. The Hall–Kier alpha value is -1.11. The molecule has 2 atom stereocenters. The molecule has 0 spiro atoms. The van der Waals surface area contributed by atoms with Crippen LogP contribution in [0.15, 0.2) is 16.8 Å². The molecule has 1 aliphatic heterocycles. The number of urea groups is 1. The van der Waals surface area contributed by atoms with Gasteiger partial charge in [-0.3, -0.25) is 0 Å². The first-order valence-corrected chi connectivity index (χ1v) is 9.00. The summed E-state index contributed by atoms with van der Waals surface area (Å²) in [6.45, 7) is 4.94. The fourth-order valence-electron chi connectivity index (χ4n) is 3.03. The van der Waals surface area contributed by atoms with E-state index in [1.807, 2.05) is 16.8 Å². The third-order valence-electron chi connectivity index (χ3n) is 4.67. The predicted octanol–water partition coefficient (Wildman–Crippen LogP) is 1.74. The van der Waals surface area contributed by atoms with Gasteiger partial charge in [-0.25, -0.2) is 4.79 Å². The van der Waals surface area contributed by atoms with Crippen LogP contribution < -0.4 is 10.6 Å². The highest BCUT2D eigenvalue weighted by Gasteiger charge is 2.34. The number of hydrogen-bond acceptors (Lipinski definition) is 4. The molecule has 1 aromatic rings. The third kappa shape index (κ3) is 4.00. The van der Waals surface area contributed by atoms with E-state index in [0.29, 0.717) is 5.92 Å². The van der Waals surface area contributed by atoms with Crippen molar-refractivity contribution in [2.24, 2.45) is 5.92 Å². The van der Waals surface area contributed by atoms with Crippen LogP contribution in [0.3, 0.4) is 0 Å². The minimum atomic E-state index is -1.02. The Labute approximate surface area is 135 Å². The van der Waals surface area contributed by atoms with Crippen LogP contribution in [0.1, 0.15) is 31.7 Å². The Bertz CT molecular complexity index is 499. The molecule has 0 aromatic carbocycles. The second-order valence-corrected chi connectivity index (χ2v) is 7.51. The highest BCUT2D eigenvalue weighted by atomic mass is 32.1. The van der Waals surface area contributed by atoms with E-state index in [4.69, 9.17) is 0 Å². The van der Waals surface area contributed by atoms with Gasteiger partial charge in [-0.05, 0) is 61.0 Å². The zero-order valence-corrected chi connectivity index (χ0v) is 13.9. The zero-order valence-electron chi connectivity index (χ0n) is 13.0. The molecule has 2 fully saturated rings. The van der Waals surface area contributed by atoms with E-state index in [-0.39, 0.29) is 12.6 Å². The number of carbonyl (C=O) groups is 1. The molecule has 6 heteroatoms. The van der Waals surface area contributed by atoms with E-state index in [2.05, 4.69) is 15.5 Å². The van der Waals surface area contributed by atoms with Gasteiger partial charge in [0.05, 0.1) is 6.54 Å². The molecule has 3 N–H and O–H groups in total. The quantitative estimate of drug-likeness (QED) is 0.747. The van der Waals surface area contributed by atoms with Crippen LogP contribution in [0, 0.1) is 5.92 Å². The topological polar surface area (TPSA) is 64.6 Å². The van der Waals surface area contributed by atoms with Crippen LogP contribution in [-0.4, -0.2) is 48.3 Å². The maximum atomic E-state index is 11.9. The number of thiophene rings is 1. The molecule has 2 heterocycles. The first-order valence-electron chi connectivity index (χ1n) is 8.05. The monoisotopic (exact) mass is 323 g/mol. The normalized spacial score (nSPS) is 24.9. The third-order valence-corrected chi connectivity index (χ3v) is 5.35. The molecule has 2 amide bonds. The molecule has 5 nitrogen and oxygen atoms in total. The number of nitrogens with one attached hydrogen (secondary N) is 2. The highest BCUT2D eigenvalue weighted by Crippen LogP contribution is 2.31. The predicted molar refractivity (Wildman–Crippen MR) is 88.0 cm³/mol. The summed E-state index contributed by atoms with van der Waals surface area (Å²) < 4.78 is 0. The molecule has 22 heavy (non-hydrogen) atoms. The molecule has 1 aliphatic carbocycles. The van der Waals surface area contributed by atoms with Crippen LogP contribution in [0.25, 0.3) is 0 Å². The highest BCUT2D eigenvalue weighted by molar-refractivity contribution is 7.08. The summed E-state index contributed by atoms with van der Waals surface area (Å²) in [4.78, 5) is 14.4. The second-order valence-electron chi connectivity index (χ2n) is 6.73. The van der Waals surface area contributed by atoms with Gasteiger partial charge in [-0.15, -0.1) is 0 Å². The molecular formula is C16H25N3O2S. The number of nitrogens with zero attached hydrogens (tertiary/aromatic N) is 1. The minimum Gasteiger partial charge on any atom is -0.384 e. The summed E-state index contributed by atoms with van der Waals surface area (Å²) in [5.41, 5.74) is -0.179. The standard InChI is InChI=1S/C16H25N3O2S/c1-16(21,13-5-7-22-10-13)11-18-15(20)17-8-12-4-6-19(9-12)14-2-3-14/h5,7,10,12,14,21H,2-4,6,8-9,11H2,1H3,(H2,17,18,20). The summed E-state index contributed by atoms with van der Waals surface area (Å²) in [5.74, 6) is 0.559. The summed E-state index contributed by atoms with van der Waals surface area (Å²) >= 11 is 1.54. The Morgan fingerprint density at radius 3 is 2.95 bits per heavy atom. The Balaban J connectivity index is 1.36. The van der Waals surface area contributed by atoms with Crippen LogP contribution in [-0.2, 0) is 5.60 Å². The maximum absolute atomic E-state index is 11.9. The number of hydrogen-bond donors (Lipinski definition) is 3. The van der Waals surface area contributed by atoms with Crippen molar-refractivity contribution in [3.63, 3.8) is 0 Å². The Kier molecular flexibility index (Phi) is 4.70. The van der Waals surface area contributed by atoms with E-state index in [1.165, 1.54) is 25.8 Å². The average molecular weight is 323 g/mol. The molecule has 0 radical (unpaired) electrons. The molecule has 0 bridgehead atoms. The van der Waals surface area contributed by atoms with Gasteiger partial charge in [0.15, 0.2) is 0 Å². The SMILES string of the molecule is CC(O)(CNC(=O)NCC1CCN(C2CC2)C1)c1ccsc1. The van der Waals surface area contributed by atoms with E-state index < -0.39 is 5.60 Å². The van der Waals surface area contributed by atoms with Crippen LogP contribution in [0.2, 0.25) is 0 Å². The number of likely N-dealkylation sites (tertiary alicyclic amines) is 1. The lowest BCUT2D eigenvalue weighted by Crippen LogP contribution is -2.44. The number of aliphatic hydroxyl groups is 1. The fraction of sp³-hybridized carbons (Fsp3) is 0.688. The maximum Gasteiger partial charge on any atom is 0.314 e. The van der Waals surface area contributed by atoms with Crippen molar-refractivity contribution in [3.8, 4) is 0 Å². The van der Waals surface area contributed by atoms with Crippen molar-refractivity contribution in [1.82, 2.24) is 15.5 Å². The van der Waals surface area contributed by atoms with Crippen molar-refractivity contribution in [1.29, 1.82) is 0 Å². The lowest BCUT2D eigenvalue weighted by atomic mass is 9.99. The van der Waals surface area contributed by atoms with Crippen molar-refractivity contribution >= 4 is 17.4 Å². The van der Waals surface area contributed by atoms with Gasteiger partial charge >= 0.3 is 6.03 Å². The molecule has 1 saturated heterocycles. The Morgan fingerprint density at radius 2 is 2.27 bits per heavy atom. The lowest BCUT2D eigenvalue weighted by Gasteiger charge is -2.23. The van der Waals surface area contributed by atoms with Crippen molar-refractivity contribution < 1.29 is 9.90 Å². The number of rotatable bonds is 6. The van der Waals surface area contributed by atoms with Gasteiger partial charge in [0.25, 0.3) is 0 Å². The minimum absolute atomic E-state index is 0.194. The molecular weight excluding hydrogens is 298 g/mol. The van der Waals surface area contributed by atoms with Gasteiger partial charge in [-0.1, -0.05) is 0 Å². The van der Waals surface area contributed by atoms with Gasteiger partial charge in [-0.2, -0.15) is 11.3 Å². The van der Waals surface area contributed by atoms with E-state index in [9.17, 15) is 9.90 Å². The molecule has 1 aromatic heterocycles. The molecule has 2 aliphatic rings. The smallest absolute Gasteiger partial charge is 0.314 e. The van der Waals surface area contributed by atoms with Crippen molar-refractivity contribution in [2.75, 3.05) is 26.2 Å². The largest absolute Gasteiger partial charge is 0.384 e. The van der Waals surface area contributed by atoms with Crippen LogP contribution in [0.5, 0.6) is 0 Å². The summed E-state index contributed by atoms with van der Waals surface area (Å²) in [6, 6.07) is 2.51. The molecule has 1 saturated carbocycles. The summed E-state index contributed by atoms with van der Waals surface area (Å²) in [6.07, 6.45) is 3.86. The summed E-state index contributed by atoms with van der Waals surface area (Å²) in [7, 11) is 0. The van der Waals surface area contributed by atoms with Crippen LogP contribution >= 0.6 is 11.3 Å². The summed E-state index contributed by atoms with van der Waals surface area (Å²) in [5, 5.41) is 19.9.